The molecule has 86 valence electrons. The standard InChI is InChI=1S/C10H19N3O2/c14-10(13-8-1-2-8)12-4-3-9-7-11-5-6-15-9/h8-9,11H,1-7H2,(H2,12,13,14). The van der Waals surface area contributed by atoms with E-state index in [1.807, 2.05) is 0 Å². The van der Waals surface area contributed by atoms with E-state index < -0.39 is 0 Å². The first-order chi connectivity index (χ1) is 7.34. The predicted octanol–water partition coefficient (Wildman–Crippen LogP) is -0.173. The molecule has 0 radical (unpaired) electrons. The van der Waals surface area contributed by atoms with E-state index in [0.29, 0.717) is 12.6 Å². The summed E-state index contributed by atoms with van der Waals surface area (Å²) < 4.78 is 5.52. The smallest absolute Gasteiger partial charge is 0.315 e. The Morgan fingerprint density at radius 3 is 3.00 bits per heavy atom. The molecule has 0 aromatic heterocycles. The zero-order valence-electron chi connectivity index (χ0n) is 8.92. The van der Waals surface area contributed by atoms with E-state index in [4.69, 9.17) is 4.74 Å². The minimum Gasteiger partial charge on any atom is -0.376 e. The van der Waals surface area contributed by atoms with E-state index in [-0.39, 0.29) is 12.1 Å². The first kappa shape index (κ1) is 10.7. The minimum absolute atomic E-state index is 0.0405. The molecule has 3 N–H and O–H groups in total. The third kappa shape index (κ3) is 4.05. The van der Waals surface area contributed by atoms with Gasteiger partial charge in [0.25, 0.3) is 0 Å². The fourth-order valence-corrected chi connectivity index (χ4v) is 1.62. The molecule has 0 aromatic rings. The SMILES string of the molecule is O=C(NCCC1CNCCO1)NC1CC1. The molecular weight excluding hydrogens is 194 g/mol. The van der Waals surface area contributed by atoms with Gasteiger partial charge in [-0.1, -0.05) is 0 Å². The summed E-state index contributed by atoms with van der Waals surface area (Å²) >= 11 is 0. The zero-order valence-corrected chi connectivity index (χ0v) is 8.92. The Morgan fingerprint density at radius 1 is 1.47 bits per heavy atom. The number of amides is 2. The second-order valence-corrected chi connectivity index (χ2v) is 4.16. The molecule has 0 aromatic carbocycles. The van der Waals surface area contributed by atoms with Gasteiger partial charge in [-0.2, -0.15) is 0 Å². The van der Waals surface area contributed by atoms with Crippen LogP contribution in [-0.4, -0.2) is 44.4 Å². The monoisotopic (exact) mass is 213 g/mol. The number of morpholine rings is 1. The molecule has 0 bridgehead atoms. The Kier molecular flexibility index (Phi) is 3.80. The Morgan fingerprint density at radius 2 is 2.33 bits per heavy atom. The number of rotatable bonds is 4. The summed E-state index contributed by atoms with van der Waals surface area (Å²) in [7, 11) is 0. The van der Waals surface area contributed by atoms with Gasteiger partial charge in [0.1, 0.15) is 0 Å². The average molecular weight is 213 g/mol. The Labute approximate surface area is 89.9 Å². The number of hydrogen-bond acceptors (Lipinski definition) is 3. The minimum atomic E-state index is -0.0405. The number of urea groups is 1. The lowest BCUT2D eigenvalue weighted by Crippen LogP contribution is -2.42. The van der Waals surface area contributed by atoms with Crippen LogP contribution in [0.3, 0.4) is 0 Å². The summed E-state index contributed by atoms with van der Waals surface area (Å²) in [6.07, 6.45) is 3.39. The van der Waals surface area contributed by atoms with Crippen LogP contribution in [0.5, 0.6) is 0 Å². The zero-order chi connectivity index (χ0) is 10.5. The van der Waals surface area contributed by atoms with Crippen molar-refractivity contribution in [3.05, 3.63) is 0 Å². The van der Waals surface area contributed by atoms with Gasteiger partial charge in [-0.3, -0.25) is 0 Å². The Bertz CT molecular complexity index is 213. The van der Waals surface area contributed by atoms with Crippen molar-refractivity contribution in [3.63, 3.8) is 0 Å². The van der Waals surface area contributed by atoms with Crippen LogP contribution in [-0.2, 0) is 4.74 Å². The summed E-state index contributed by atoms with van der Waals surface area (Å²) in [5, 5.41) is 8.99. The van der Waals surface area contributed by atoms with Crippen molar-refractivity contribution < 1.29 is 9.53 Å². The van der Waals surface area contributed by atoms with Crippen LogP contribution >= 0.6 is 0 Å². The topological polar surface area (TPSA) is 62.4 Å². The molecule has 2 fully saturated rings. The predicted molar refractivity (Wildman–Crippen MR) is 56.8 cm³/mol. The van der Waals surface area contributed by atoms with Crippen LogP contribution < -0.4 is 16.0 Å². The van der Waals surface area contributed by atoms with Crippen LogP contribution in [0.1, 0.15) is 19.3 Å². The number of ether oxygens (including phenoxy) is 1. The van der Waals surface area contributed by atoms with E-state index >= 15 is 0 Å². The van der Waals surface area contributed by atoms with Crippen molar-refractivity contribution in [1.29, 1.82) is 0 Å². The van der Waals surface area contributed by atoms with Crippen LogP contribution in [0.15, 0.2) is 0 Å². The molecular formula is C10H19N3O2. The van der Waals surface area contributed by atoms with Gasteiger partial charge in [-0.05, 0) is 19.3 Å². The third-order valence-electron chi connectivity index (χ3n) is 2.67. The molecule has 1 unspecified atom stereocenters. The van der Waals surface area contributed by atoms with Gasteiger partial charge < -0.3 is 20.7 Å². The molecule has 1 heterocycles. The first-order valence-corrected chi connectivity index (χ1v) is 5.71. The van der Waals surface area contributed by atoms with E-state index in [0.717, 1.165) is 39.0 Å². The van der Waals surface area contributed by atoms with Crippen molar-refractivity contribution in [2.45, 2.75) is 31.4 Å². The maximum atomic E-state index is 11.3. The van der Waals surface area contributed by atoms with Gasteiger partial charge in [0.05, 0.1) is 12.7 Å². The number of carbonyl (C=O) groups is 1. The maximum Gasteiger partial charge on any atom is 0.315 e. The van der Waals surface area contributed by atoms with Gasteiger partial charge in [0, 0.05) is 25.7 Å². The number of nitrogens with one attached hydrogen (secondary N) is 3. The van der Waals surface area contributed by atoms with E-state index in [9.17, 15) is 4.79 Å². The maximum absolute atomic E-state index is 11.3. The highest BCUT2D eigenvalue weighted by Gasteiger charge is 2.23. The van der Waals surface area contributed by atoms with E-state index in [2.05, 4.69) is 16.0 Å². The lowest BCUT2D eigenvalue weighted by Gasteiger charge is -2.23. The van der Waals surface area contributed by atoms with Crippen LogP contribution in [0.25, 0.3) is 0 Å². The molecule has 1 saturated carbocycles. The number of hydrogen-bond donors (Lipinski definition) is 3. The molecule has 1 saturated heterocycles. The van der Waals surface area contributed by atoms with E-state index in [1.54, 1.807) is 0 Å². The van der Waals surface area contributed by atoms with Crippen molar-refractivity contribution >= 4 is 6.03 Å². The highest BCUT2D eigenvalue weighted by Crippen LogP contribution is 2.18. The van der Waals surface area contributed by atoms with Gasteiger partial charge >= 0.3 is 6.03 Å². The summed E-state index contributed by atoms with van der Waals surface area (Å²) in [6, 6.07) is 0.388. The second-order valence-electron chi connectivity index (χ2n) is 4.16. The van der Waals surface area contributed by atoms with Crippen LogP contribution in [0, 0.1) is 0 Å². The Balaban J connectivity index is 1.51. The van der Waals surface area contributed by atoms with Gasteiger partial charge in [0.2, 0.25) is 0 Å². The fourth-order valence-electron chi connectivity index (χ4n) is 1.62. The van der Waals surface area contributed by atoms with Crippen molar-refractivity contribution in [1.82, 2.24) is 16.0 Å². The number of carbonyl (C=O) groups excluding carboxylic acids is 1. The first-order valence-electron chi connectivity index (χ1n) is 5.71. The third-order valence-corrected chi connectivity index (χ3v) is 2.67. The van der Waals surface area contributed by atoms with Gasteiger partial charge in [-0.25, -0.2) is 4.79 Å². The quantitative estimate of drug-likeness (QED) is 0.607. The molecule has 2 amide bonds. The molecule has 1 atom stereocenters. The highest BCUT2D eigenvalue weighted by atomic mass is 16.5. The van der Waals surface area contributed by atoms with Gasteiger partial charge in [-0.15, -0.1) is 0 Å². The molecule has 5 nitrogen and oxygen atoms in total. The molecule has 2 aliphatic rings. The summed E-state index contributed by atoms with van der Waals surface area (Å²) in [4.78, 5) is 11.3. The fraction of sp³-hybridized carbons (Fsp3) is 0.900. The Hall–Kier alpha value is -0.810. The van der Waals surface area contributed by atoms with Crippen LogP contribution in [0.4, 0.5) is 4.79 Å². The molecule has 5 heteroatoms. The lowest BCUT2D eigenvalue weighted by atomic mass is 10.2. The second kappa shape index (κ2) is 5.32. The average Bonchev–Trinajstić information content (AvgIpc) is 3.03. The van der Waals surface area contributed by atoms with Crippen molar-refractivity contribution in [2.75, 3.05) is 26.2 Å². The normalized spacial score (nSPS) is 26.0. The molecule has 0 spiro atoms. The summed E-state index contributed by atoms with van der Waals surface area (Å²) in [5.74, 6) is 0. The van der Waals surface area contributed by atoms with Gasteiger partial charge in [0.15, 0.2) is 0 Å². The highest BCUT2D eigenvalue weighted by molar-refractivity contribution is 5.74. The summed E-state index contributed by atoms with van der Waals surface area (Å²) in [6.45, 7) is 3.29. The molecule has 15 heavy (non-hydrogen) atoms. The van der Waals surface area contributed by atoms with Crippen molar-refractivity contribution in [2.24, 2.45) is 0 Å². The molecule has 1 aliphatic heterocycles. The summed E-state index contributed by atoms with van der Waals surface area (Å²) in [5.41, 5.74) is 0. The molecule has 1 aliphatic carbocycles. The molecule has 2 rings (SSSR count). The van der Waals surface area contributed by atoms with Crippen molar-refractivity contribution in [3.8, 4) is 0 Å². The largest absolute Gasteiger partial charge is 0.376 e. The van der Waals surface area contributed by atoms with E-state index in [1.165, 1.54) is 0 Å². The lowest BCUT2D eigenvalue weighted by molar-refractivity contribution is 0.0243. The van der Waals surface area contributed by atoms with Crippen LogP contribution in [0.2, 0.25) is 0 Å².